The molecule has 142 valence electrons. The van der Waals surface area contributed by atoms with E-state index in [1.165, 1.54) is 25.5 Å². The van der Waals surface area contributed by atoms with E-state index < -0.39 is 10.0 Å². The summed E-state index contributed by atoms with van der Waals surface area (Å²) in [6.07, 6.45) is 7.62. The summed E-state index contributed by atoms with van der Waals surface area (Å²) in [5.74, 6) is 2.44. The van der Waals surface area contributed by atoms with Gasteiger partial charge in [0.05, 0.1) is 11.9 Å². The lowest BCUT2D eigenvalue weighted by Gasteiger charge is -2.30. The minimum atomic E-state index is -3.48. The number of fused-ring (bicyclic) bond motifs is 1. The fraction of sp³-hybridized carbons (Fsp3) is 0.706. The van der Waals surface area contributed by atoms with Crippen LogP contribution in [-0.4, -0.2) is 50.4 Å². The number of piperidine rings is 1. The third-order valence-electron chi connectivity index (χ3n) is 5.77. The van der Waals surface area contributed by atoms with Crippen molar-refractivity contribution in [2.75, 3.05) is 13.1 Å². The molecule has 8 nitrogen and oxygen atoms in total. The Bertz CT molecular complexity index is 892. The van der Waals surface area contributed by atoms with Crippen LogP contribution in [0.3, 0.4) is 0 Å². The lowest BCUT2D eigenvalue weighted by molar-refractivity contribution is 0.308. The molecule has 4 heterocycles. The number of rotatable bonds is 3. The van der Waals surface area contributed by atoms with E-state index in [9.17, 15) is 8.42 Å². The first kappa shape index (κ1) is 17.7. The van der Waals surface area contributed by atoms with Crippen LogP contribution in [0.5, 0.6) is 0 Å². The van der Waals surface area contributed by atoms with Crippen molar-refractivity contribution in [1.29, 1.82) is 0 Å². The summed E-state index contributed by atoms with van der Waals surface area (Å²) in [5.41, 5.74) is 0.676. The number of aromatic nitrogens is 5. The van der Waals surface area contributed by atoms with Crippen LogP contribution in [0.4, 0.5) is 0 Å². The molecule has 0 aliphatic carbocycles. The number of hydrogen-bond acceptors (Lipinski definition) is 5. The molecule has 2 aromatic rings. The molecule has 0 unspecified atom stereocenters. The molecule has 0 aromatic carbocycles. The van der Waals surface area contributed by atoms with E-state index >= 15 is 0 Å². The summed E-state index contributed by atoms with van der Waals surface area (Å²) >= 11 is 0. The minimum absolute atomic E-state index is 0.288. The first-order valence-corrected chi connectivity index (χ1v) is 10.8. The molecule has 0 radical (unpaired) electrons. The van der Waals surface area contributed by atoms with E-state index in [0.717, 1.165) is 37.5 Å². The molecular weight excluding hydrogens is 352 g/mol. The summed E-state index contributed by atoms with van der Waals surface area (Å²) < 4.78 is 31.3. The van der Waals surface area contributed by atoms with Gasteiger partial charge in [-0.15, -0.1) is 10.2 Å². The van der Waals surface area contributed by atoms with Crippen molar-refractivity contribution in [3.05, 3.63) is 23.5 Å². The van der Waals surface area contributed by atoms with E-state index in [-0.39, 0.29) is 5.92 Å². The second kappa shape index (κ2) is 6.77. The fourth-order valence-corrected chi connectivity index (χ4v) is 5.69. The van der Waals surface area contributed by atoms with Crippen LogP contribution in [0.2, 0.25) is 0 Å². The maximum Gasteiger partial charge on any atom is 0.246 e. The summed E-state index contributed by atoms with van der Waals surface area (Å²) in [7, 11) is -1.72. The Kier molecular flexibility index (Phi) is 4.60. The Morgan fingerprint density at radius 1 is 1.08 bits per heavy atom. The van der Waals surface area contributed by atoms with Crippen molar-refractivity contribution in [2.24, 2.45) is 7.05 Å². The van der Waals surface area contributed by atoms with Gasteiger partial charge in [-0.25, -0.2) is 8.42 Å². The predicted molar refractivity (Wildman–Crippen MR) is 96.3 cm³/mol. The van der Waals surface area contributed by atoms with Gasteiger partial charge in [0.25, 0.3) is 0 Å². The van der Waals surface area contributed by atoms with Crippen LogP contribution in [0.25, 0.3) is 0 Å². The molecular formula is C17H26N6O2S. The molecule has 9 heteroatoms. The zero-order valence-electron chi connectivity index (χ0n) is 15.4. The Morgan fingerprint density at radius 2 is 1.85 bits per heavy atom. The summed E-state index contributed by atoms with van der Waals surface area (Å²) in [6.45, 7) is 3.82. The summed E-state index contributed by atoms with van der Waals surface area (Å²) in [6, 6.07) is 0. The van der Waals surface area contributed by atoms with Gasteiger partial charge >= 0.3 is 0 Å². The molecule has 0 N–H and O–H groups in total. The van der Waals surface area contributed by atoms with E-state index in [2.05, 4.69) is 19.9 Å². The molecule has 2 aliphatic rings. The van der Waals surface area contributed by atoms with E-state index in [0.29, 0.717) is 23.7 Å². The van der Waals surface area contributed by atoms with Gasteiger partial charge in [0.2, 0.25) is 10.0 Å². The fourth-order valence-electron chi connectivity index (χ4n) is 4.03. The van der Waals surface area contributed by atoms with Crippen molar-refractivity contribution < 1.29 is 8.42 Å². The number of aryl methyl sites for hydroxylation is 2. The molecule has 2 aliphatic heterocycles. The maximum absolute atomic E-state index is 12.9. The summed E-state index contributed by atoms with van der Waals surface area (Å²) in [5, 5.41) is 12.9. The van der Waals surface area contributed by atoms with Crippen molar-refractivity contribution in [3.63, 3.8) is 0 Å². The Morgan fingerprint density at radius 3 is 2.54 bits per heavy atom. The Hall–Kier alpha value is -1.74. The lowest BCUT2D eigenvalue weighted by Crippen LogP contribution is -2.38. The highest BCUT2D eigenvalue weighted by molar-refractivity contribution is 7.89. The molecule has 0 amide bonds. The number of hydrogen-bond donors (Lipinski definition) is 0. The predicted octanol–water partition coefficient (Wildman–Crippen LogP) is 1.61. The Labute approximate surface area is 154 Å². The number of nitrogens with zero attached hydrogens (tertiary/aromatic N) is 6. The number of sulfonamides is 1. The van der Waals surface area contributed by atoms with Crippen LogP contribution in [0, 0.1) is 6.92 Å². The van der Waals surface area contributed by atoms with Gasteiger partial charge in [0.15, 0.2) is 0 Å². The third-order valence-corrected chi connectivity index (χ3v) is 7.77. The van der Waals surface area contributed by atoms with Crippen molar-refractivity contribution in [1.82, 2.24) is 28.9 Å². The molecule has 1 saturated heterocycles. The molecule has 1 fully saturated rings. The quantitative estimate of drug-likeness (QED) is 0.810. The van der Waals surface area contributed by atoms with Gasteiger partial charge in [-0.05, 0) is 32.6 Å². The van der Waals surface area contributed by atoms with Gasteiger partial charge in [0, 0.05) is 39.0 Å². The third kappa shape index (κ3) is 2.96. The maximum atomic E-state index is 12.9. The van der Waals surface area contributed by atoms with Gasteiger partial charge in [-0.3, -0.25) is 4.68 Å². The molecule has 26 heavy (non-hydrogen) atoms. The Balaban J connectivity index is 1.50. The average molecular weight is 379 g/mol. The van der Waals surface area contributed by atoms with Gasteiger partial charge in [-0.1, -0.05) is 6.42 Å². The molecule has 4 rings (SSSR count). The first-order chi connectivity index (χ1) is 12.5. The molecule has 0 spiro atoms. The van der Waals surface area contributed by atoms with Crippen LogP contribution in [0.1, 0.15) is 55.4 Å². The van der Waals surface area contributed by atoms with E-state index in [1.807, 2.05) is 0 Å². The highest BCUT2D eigenvalue weighted by Gasteiger charge is 2.34. The molecule has 2 aromatic heterocycles. The standard InChI is InChI=1S/C17H26N6O2S/c1-13-15(12-18-21(13)2)26(24,25)22-10-7-14(8-11-22)17-20-19-16-6-4-3-5-9-23(16)17/h12,14H,3-11H2,1-2H3. The zero-order chi connectivity index (χ0) is 18.3. The topological polar surface area (TPSA) is 85.9 Å². The average Bonchev–Trinajstić information content (AvgIpc) is 3.10. The largest absolute Gasteiger partial charge is 0.315 e. The molecule has 0 atom stereocenters. The molecule has 0 bridgehead atoms. The highest BCUT2D eigenvalue weighted by atomic mass is 32.2. The second-order valence-electron chi connectivity index (χ2n) is 7.33. The molecule has 0 saturated carbocycles. The second-order valence-corrected chi connectivity index (χ2v) is 9.24. The SMILES string of the molecule is Cc1c(S(=O)(=O)N2CCC(c3nnc4n3CCCCC4)CC2)cnn1C. The normalized spacial score (nSPS) is 20.1. The van der Waals surface area contributed by atoms with Gasteiger partial charge in [-0.2, -0.15) is 9.40 Å². The van der Waals surface area contributed by atoms with Gasteiger partial charge < -0.3 is 4.57 Å². The monoisotopic (exact) mass is 378 g/mol. The van der Waals surface area contributed by atoms with Crippen molar-refractivity contribution in [2.45, 2.75) is 62.8 Å². The van der Waals surface area contributed by atoms with E-state index in [1.54, 1.807) is 23.0 Å². The van der Waals surface area contributed by atoms with Crippen molar-refractivity contribution in [3.8, 4) is 0 Å². The van der Waals surface area contributed by atoms with Crippen molar-refractivity contribution >= 4 is 10.0 Å². The zero-order valence-corrected chi connectivity index (χ0v) is 16.2. The van der Waals surface area contributed by atoms with Crippen LogP contribution < -0.4 is 0 Å². The van der Waals surface area contributed by atoms with Crippen LogP contribution >= 0.6 is 0 Å². The van der Waals surface area contributed by atoms with Crippen LogP contribution in [-0.2, 0) is 30.0 Å². The lowest BCUT2D eigenvalue weighted by atomic mass is 9.97. The summed E-state index contributed by atoms with van der Waals surface area (Å²) in [4.78, 5) is 0.315. The first-order valence-electron chi connectivity index (χ1n) is 9.39. The highest BCUT2D eigenvalue weighted by Crippen LogP contribution is 2.31. The van der Waals surface area contributed by atoms with Gasteiger partial charge in [0.1, 0.15) is 16.5 Å². The smallest absolute Gasteiger partial charge is 0.246 e. The minimum Gasteiger partial charge on any atom is -0.315 e. The van der Waals surface area contributed by atoms with E-state index in [4.69, 9.17) is 0 Å². The van der Waals surface area contributed by atoms with Crippen LogP contribution in [0.15, 0.2) is 11.1 Å².